The average molecular weight is 370 g/mol. The van der Waals surface area contributed by atoms with E-state index in [0.29, 0.717) is 5.56 Å². The van der Waals surface area contributed by atoms with Gasteiger partial charge in [0.05, 0.1) is 18.7 Å². The van der Waals surface area contributed by atoms with Gasteiger partial charge in [0.15, 0.2) is 5.78 Å². The molecule has 0 heterocycles. The Hall–Kier alpha value is -3.53. The largest absolute Gasteiger partial charge is 0.293 e. The third kappa shape index (κ3) is 5.01. The molecule has 3 aromatic rings. The van der Waals surface area contributed by atoms with Crippen molar-refractivity contribution in [2.75, 3.05) is 6.54 Å². The Morgan fingerprint density at radius 3 is 1.96 bits per heavy atom. The van der Waals surface area contributed by atoms with Crippen molar-refractivity contribution in [1.29, 1.82) is 0 Å². The molecule has 0 aliphatic carbocycles. The fourth-order valence-electron chi connectivity index (χ4n) is 2.93. The highest BCUT2D eigenvalue weighted by Crippen LogP contribution is 2.23. The van der Waals surface area contributed by atoms with Crippen LogP contribution in [0.5, 0.6) is 0 Å². The summed E-state index contributed by atoms with van der Waals surface area (Å²) < 4.78 is 0. The molecule has 0 aromatic heterocycles. The first kappa shape index (κ1) is 19.2. The SMILES string of the molecule is CC(=O)N(CC(C(=O)c1ccccc1)c1ccccc1)/N=C/c1ccccc1. The van der Waals surface area contributed by atoms with Gasteiger partial charge in [-0.1, -0.05) is 91.0 Å². The fraction of sp³-hybridized carbons (Fsp3) is 0.125. The number of ketones is 1. The molecular weight excluding hydrogens is 348 g/mol. The third-order valence-corrected chi connectivity index (χ3v) is 4.44. The van der Waals surface area contributed by atoms with Crippen molar-refractivity contribution in [2.45, 2.75) is 12.8 Å². The fourth-order valence-corrected chi connectivity index (χ4v) is 2.93. The molecule has 1 unspecified atom stereocenters. The number of amides is 1. The number of rotatable bonds is 7. The van der Waals surface area contributed by atoms with E-state index in [1.807, 2.05) is 78.9 Å². The van der Waals surface area contributed by atoms with Gasteiger partial charge in [0.2, 0.25) is 5.91 Å². The van der Waals surface area contributed by atoms with Crippen LogP contribution < -0.4 is 0 Å². The van der Waals surface area contributed by atoms with Crippen LogP contribution in [0.1, 0.15) is 34.3 Å². The molecule has 1 amide bonds. The number of benzene rings is 3. The molecule has 0 N–H and O–H groups in total. The topological polar surface area (TPSA) is 49.7 Å². The van der Waals surface area contributed by atoms with Crippen LogP contribution in [0.15, 0.2) is 96.1 Å². The van der Waals surface area contributed by atoms with E-state index in [2.05, 4.69) is 5.10 Å². The minimum atomic E-state index is -0.500. The van der Waals surface area contributed by atoms with E-state index in [-0.39, 0.29) is 18.2 Å². The quantitative estimate of drug-likeness (QED) is 0.348. The molecule has 140 valence electrons. The van der Waals surface area contributed by atoms with E-state index in [0.717, 1.165) is 11.1 Å². The van der Waals surface area contributed by atoms with Gasteiger partial charge in [-0.2, -0.15) is 5.10 Å². The van der Waals surface area contributed by atoms with Crippen LogP contribution >= 0.6 is 0 Å². The maximum atomic E-state index is 13.2. The summed E-state index contributed by atoms with van der Waals surface area (Å²) in [6.07, 6.45) is 1.64. The van der Waals surface area contributed by atoms with Gasteiger partial charge in [-0.25, -0.2) is 5.01 Å². The summed E-state index contributed by atoms with van der Waals surface area (Å²) in [5.41, 5.74) is 2.36. The highest BCUT2D eigenvalue weighted by atomic mass is 16.2. The van der Waals surface area contributed by atoms with E-state index in [4.69, 9.17) is 0 Å². The average Bonchev–Trinajstić information content (AvgIpc) is 2.75. The molecule has 0 spiro atoms. The van der Waals surface area contributed by atoms with Crippen molar-refractivity contribution >= 4 is 17.9 Å². The number of carbonyl (C=O) groups excluding carboxylic acids is 2. The van der Waals surface area contributed by atoms with Gasteiger partial charge >= 0.3 is 0 Å². The second-order valence-electron chi connectivity index (χ2n) is 6.45. The normalized spacial score (nSPS) is 11.9. The standard InChI is InChI=1S/C24H22N2O2/c1-19(27)26(25-17-20-11-5-2-6-12-20)18-23(21-13-7-3-8-14-21)24(28)22-15-9-4-10-16-22/h2-17,23H,18H2,1H3/b25-17+. The van der Waals surface area contributed by atoms with Crippen molar-refractivity contribution < 1.29 is 9.59 Å². The molecule has 4 heteroatoms. The molecule has 0 bridgehead atoms. The highest BCUT2D eigenvalue weighted by Gasteiger charge is 2.25. The second kappa shape index (κ2) is 9.42. The predicted molar refractivity (Wildman–Crippen MR) is 111 cm³/mol. The lowest BCUT2D eigenvalue weighted by Gasteiger charge is -2.22. The molecule has 28 heavy (non-hydrogen) atoms. The molecule has 4 nitrogen and oxygen atoms in total. The van der Waals surface area contributed by atoms with Crippen molar-refractivity contribution in [3.05, 3.63) is 108 Å². The maximum absolute atomic E-state index is 13.2. The zero-order valence-electron chi connectivity index (χ0n) is 15.7. The zero-order valence-corrected chi connectivity index (χ0v) is 15.7. The van der Waals surface area contributed by atoms with Crippen LogP contribution in [-0.4, -0.2) is 29.5 Å². The Kier molecular flexibility index (Phi) is 6.47. The predicted octanol–water partition coefficient (Wildman–Crippen LogP) is 4.54. The summed E-state index contributed by atoms with van der Waals surface area (Å²) in [5, 5.41) is 5.69. The Morgan fingerprint density at radius 2 is 1.39 bits per heavy atom. The minimum Gasteiger partial charge on any atom is -0.293 e. The van der Waals surface area contributed by atoms with Gasteiger partial charge in [-0.05, 0) is 11.1 Å². The lowest BCUT2D eigenvalue weighted by molar-refractivity contribution is -0.128. The van der Waals surface area contributed by atoms with Gasteiger partial charge in [-0.15, -0.1) is 0 Å². The molecular formula is C24H22N2O2. The molecule has 0 aliphatic heterocycles. The van der Waals surface area contributed by atoms with Crippen LogP contribution in [0, 0.1) is 0 Å². The molecule has 0 aliphatic rings. The van der Waals surface area contributed by atoms with Crippen molar-refractivity contribution in [3.63, 3.8) is 0 Å². The molecule has 0 saturated heterocycles. The number of nitrogens with zero attached hydrogens (tertiary/aromatic N) is 2. The Labute approximate surface area is 165 Å². The second-order valence-corrected chi connectivity index (χ2v) is 6.45. The van der Waals surface area contributed by atoms with E-state index < -0.39 is 5.92 Å². The van der Waals surface area contributed by atoms with Crippen LogP contribution in [0.4, 0.5) is 0 Å². The van der Waals surface area contributed by atoms with Crippen LogP contribution in [-0.2, 0) is 4.79 Å². The first-order valence-corrected chi connectivity index (χ1v) is 9.16. The van der Waals surface area contributed by atoms with Gasteiger partial charge in [0.1, 0.15) is 0 Å². The summed E-state index contributed by atoms with van der Waals surface area (Å²) in [5.74, 6) is -0.748. The zero-order chi connectivity index (χ0) is 19.8. The summed E-state index contributed by atoms with van der Waals surface area (Å²) in [4.78, 5) is 25.4. The van der Waals surface area contributed by atoms with E-state index in [9.17, 15) is 9.59 Å². The molecule has 3 aromatic carbocycles. The monoisotopic (exact) mass is 370 g/mol. The number of hydrazone groups is 1. The number of hydrogen-bond donors (Lipinski definition) is 0. The third-order valence-electron chi connectivity index (χ3n) is 4.44. The first-order valence-electron chi connectivity index (χ1n) is 9.16. The van der Waals surface area contributed by atoms with Crippen LogP contribution in [0.25, 0.3) is 0 Å². The maximum Gasteiger partial charge on any atom is 0.239 e. The van der Waals surface area contributed by atoms with Gasteiger partial charge < -0.3 is 0 Å². The molecule has 0 saturated carbocycles. The lowest BCUT2D eigenvalue weighted by Crippen LogP contribution is -2.32. The summed E-state index contributed by atoms with van der Waals surface area (Å²) in [6, 6.07) is 28.2. The number of Topliss-reactive ketones (excluding diaryl/α,β-unsaturated/α-hetero) is 1. The highest BCUT2D eigenvalue weighted by molar-refractivity contribution is 6.01. The summed E-state index contributed by atoms with van der Waals surface area (Å²) >= 11 is 0. The minimum absolute atomic E-state index is 0.0343. The van der Waals surface area contributed by atoms with Gasteiger partial charge in [0.25, 0.3) is 0 Å². The molecule has 0 radical (unpaired) electrons. The molecule has 1 atom stereocenters. The molecule has 3 rings (SSSR count). The van der Waals surface area contributed by atoms with Crippen molar-refractivity contribution in [1.82, 2.24) is 5.01 Å². The summed E-state index contributed by atoms with van der Waals surface area (Å²) in [6.45, 7) is 1.63. The Balaban J connectivity index is 1.89. The van der Waals surface area contributed by atoms with Crippen LogP contribution in [0.2, 0.25) is 0 Å². The Morgan fingerprint density at radius 1 is 0.857 bits per heavy atom. The molecule has 0 fully saturated rings. The smallest absolute Gasteiger partial charge is 0.239 e. The first-order chi connectivity index (χ1) is 13.6. The lowest BCUT2D eigenvalue weighted by atomic mass is 9.90. The van der Waals surface area contributed by atoms with E-state index in [1.54, 1.807) is 18.3 Å². The van der Waals surface area contributed by atoms with Crippen LogP contribution in [0.3, 0.4) is 0 Å². The van der Waals surface area contributed by atoms with E-state index in [1.165, 1.54) is 11.9 Å². The summed E-state index contributed by atoms with van der Waals surface area (Å²) in [7, 11) is 0. The van der Waals surface area contributed by atoms with Gasteiger partial charge in [-0.3, -0.25) is 9.59 Å². The van der Waals surface area contributed by atoms with E-state index >= 15 is 0 Å². The Bertz CT molecular complexity index is 938. The number of hydrogen-bond acceptors (Lipinski definition) is 3. The van der Waals surface area contributed by atoms with Crippen molar-refractivity contribution in [3.8, 4) is 0 Å². The van der Waals surface area contributed by atoms with Gasteiger partial charge in [0, 0.05) is 12.5 Å². The van der Waals surface area contributed by atoms with Crippen molar-refractivity contribution in [2.24, 2.45) is 5.10 Å². The number of carbonyl (C=O) groups is 2.